The van der Waals surface area contributed by atoms with Crippen LogP contribution in [0.3, 0.4) is 0 Å². The molecule has 1 heterocycles. The van der Waals surface area contributed by atoms with Crippen LogP contribution >= 0.6 is 0 Å². The lowest BCUT2D eigenvalue weighted by Gasteiger charge is -2.01. The second-order valence-electron chi connectivity index (χ2n) is 2.31. The Hall–Kier alpha value is -1.14. The van der Waals surface area contributed by atoms with Gasteiger partial charge in [0.05, 0.1) is 12.8 Å². The number of ether oxygens (including phenoxy) is 1. The Morgan fingerprint density at radius 2 is 2.23 bits per heavy atom. The topological polar surface area (TPSA) is 82.3 Å². The Morgan fingerprint density at radius 1 is 1.54 bits per heavy atom. The predicted octanol–water partition coefficient (Wildman–Crippen LogP) is 0.128. The van der Waals surface area contributed by atoms with Crippen molar-refractivity contribution in [3.63, 3.8) is 0 Å². The number of hydrogen-bond acceptors (Lipinski definition) is 4. The highest BCUT2D eigenvalue weighted by molar-refractivity contribution is 7.89. The molecule has 13 heavy (non-hydrogen) atoms. The minimum Gasteiger partial charge on any atom is -0.478 e. The molecule has 1 aromatic heterocycles. The lowest BCUT2D eigenvalue weighted by Crippen LogP contribution is -2.12. The van der Waals surface area contributed by atoms with E-state index in [0.717, 1.165) is 0 Å². The number of aromatic nitrogens is 1. The Bertz CT molecular complexity index is 371. The fraction of sp³-hybridized carbons (Fsp3) is 0.286. The normalized spacial score (nSPS) is 11.2. The molecule has 0 aliphatic carbocycles. The van der Waals surface area contributed by atoms with Gasteiger partial charge >= 0.3 is 0 Å². The number of primary sulfonamides is 1. The van der Waals surface area contributed by atoms with Crippen molar-refractivity contribution in [2.45, 2.75) is 11.8 Å². The zero-order valence-corrected chi connectivity index (χ0v) is 7.91. The van der Waals surface area contributed by atoms with Crippen molar-refractivity contribution in [2.24, 2.45) is 5.14 Å². The summed E-state index contributed by atoms with van der Waals surface area (Å²) in [6.07, 6.45) is 1.17. The molecule has 72 valence electrons. The number of hydrogen-bond donors (Lipinski definition) is 1. The highest BCUT2D eigenvalue weighted by atomic mass is 32.2. The zero-order chi connectivity index (χ0) is 9.90. The van der Waals surface area contributed by atoms with Gasteiger partial charge in [0.2, 0.25) is 15.9 Å². The highest BCUT2D eigenvalue weighted by Gasteiger charge is 2.07. The van der Waals surface area contributed by atoms with E-state index in [0.29, 0.717) is 12.5 Å². The summed E-state index contributed by atoms with van der Waals surface area (Å²) >= 11 is 0. The van der Waals surface area contributed by atoms with Crippen LogP contribution in [-0.2, 0) is 10.0 Å². The lowest BCUT2D eigenvalue weighted by molar-refractivity contribution is 0.326. The molecular formula is C7H10N2O3S. The molecule has 0 aromatic carbocycles. The van der Waals surface area contributed by atoms with Crippen LogP contribution in [-0.4, -0.2) is 20.0 Å². The van der Waals surface area contributed by atoms with Crippen LogP contribution in [0.5, 0.6) is 5.88 Å². The van der Waals surface area contributed by atoms with E-state index >= 15 is 0 Å². The second kappa shape index (κ2) is 3.71. The first kappa shape index (κ1) is 9.94. The van der Waals surface area contributed by atoms with Gasteiger partial charge in [-0.25, -0.2) is 18.5 Å². The van der Waals surface area contributed by atoms with E-state index < -0.39 is 10.0 Å². The smallest absolute Gasteiger partial charge is 0.239 e. The van der Waals surface area contributed by atoms with Gasteiger partial charge in [-0.05, 0) is 13.0 Å². The molecule has 0 saturated carbocycles. The summed E-state index contributed by atoms with van der Waals surface area (Å²) < 4.78 is 26.6. The van der Waals surface area contributed by atoms with Gasteiger partial charge in [0.15, 0.2) is 0 Å². The van der Waals surface area contributed by atoms with Crippen LogP contribution in [0.4, 0.5) is 0 Å². The third-order valence-corrected chi connectivity index (χ3v) is 2.23. The van der Waals surface area contributed by atoms with E-state index in [1.54, 1.807) is 0 Å². The molecule has 2 N–H and O–H groups in total. The summed E-state index contributed by atoms with van der Waals surface area (Å²) in [6, 6.07) is 2.82. The molecule has 0 fully saturated rings. The van der Waals surface area contributed by atoms with Crippen LogP contribution in [0.25, 0.3) is 0 Å². The van der Waals surface area contributed by atoms with Crippen LogP contribution in [0.1, 0.15) is 6.92 Å². The number of rotatable bonds is 3. The van der Waals surface area contributed by atoms with Gasteiger partial charge < -0.3 is 4.74 Å². The maximum Gasteiger partial charge on any atom is 0.239 e. The van der Waals surface area contributed by atoms with E-state index in [2.05, 4.69) is 4.98 Å². The summed E-state index contributed by atoms with van der Waals surface area (Å²) in [5.74, 6) is 0.384. The molecule has 0 radical (unpaired) electrons. The molecule has 0 aliphatic heterocycles. The number of nitrogens with two attached hydrogens (primary N) is 1. The molecule has 5 nitrogen and oxygen atoms in total. The molecule has 1 aromatic rings. The van der Waals surface area contributed by atoms with Crippen LogP contribution < -0.4 is 9.88 Å². The average molecular weight is 202 g/mol. The Morgan fingerprint density at radius 3 is 2.62 bits per heavy atom. The van der Waals surface area contributed by atoms with Crippen molar-refractivity contribution >= 4 is 10.0 Å². The van der Waals surface area contributed by atoms with Crippen molar-refractivity contribution < 1.29 is 13.2 Å². The Labute approximate surface area is 76.6 Å². The Balaban J connectivity index is 2.94. The molecule has 6 heteroatoms. The van der Waals surface area contributed by atoms with Gasteiger partial charge in [-0.2, -0.15) is 0 Å². The summed E-state index contributed by atoms with van der Waals surface area (Å²) in [4.78, 5) is 3.74. The fourth-order valence-electron chi connectivity index (χ4n) is 0.768. The quantitative estimate of drug-likeness (QED) is 0.755. The third kappa shape index (κ3) is 2.67. The number of nitrogens with zero attached hydrogens (tertiary/aromatic N) is 1. The fourth-order valence-corrected chi connectivity index (χ4v) is 1.23. The molecule has 0 spiro atoms. The van der Waals surface area contributed by atoms with Gasteiger partial charge in [-0.15, -0.1) is 0 Å². The lowest BCUT2D eigenvalue weighted by atomic mass is 10.5. The largest absolute Gasteiger partial charge is 0.478 e. The molecule has 1 rings (SSSR count). The molecular weight excluding hydrogens is 192 g/mol. The van der Waals surface area contributed by atoms with E-state index in [1.165, 1.54) is 18.3 Å². The maximum absolute atomic E-state index is 10.8. The van der Waals surface area contributed by atoms with Crippen molar-refractivity contribution in [2.75, 3.05) is 6.61 Å². The maximum atomic E-state index is 10.8. The predicted molar refractivity (Wildman–Crippen MR) is 46.8 cm³/mol. The van der Waals surface area contributed by atoms with E-state index in [1.807, 2.05) is 6.92 Å². The Kier molecular flexibility index (Phi) is 2.84. The van der Waals surface area contributed by atoms with Gasteiger partial charge in [0.25, 0.3) is 0 Å². The van der Waals surface area contributed by atoms with Gasteiger partial charge in [-0.1, -0.05) is 0 Å². The van der Waals surface area contributed by atoms with Gasteiger partial charge in [0.1, 0.15) is 4.90 Å². The highest BCUT2D eigenvalue weighted by Crippen LogP contribution is 2.10. The first-order chi connectivity index (χ1) is 6.04. The first-order valence-electron chi connectivity index (χ1n) is 3.65. The second-order valence-corrected chi connectivity index (χ2v) is 3.87. The van der Waals surface area contributed by atoms with Gasteiger partial charge in [-0.3, -0.25) is 0 Å². The van der Waals surface area contributed by atoms with Crippen molar-refractivity contribution in [1.29, 1.82) is 0 Å². The summed E-state index contributed by atoms with van der Waals surface area (Å²) in [6.45, 7) is 2.30. The molecule has 0 aliphatic rings. The van der Waals surface area contributed by atoms with Crippen molar-refractivity contribution in [3.8, 4) is 5.88 Å². The summed E-state index contributed by atoms with van der Waals surface area (Å²) in [7, 11) is -3.65. The van der Waals surface area contributed by atoms with E-state index in [9.17, 15) is 8.42 Å². The number of pyridine rings is 1. The minimum absolute atomic E-state index is 0.0176. The summed E-state index contributed by atoms with van der Waals surface area (Å²) in [5.41, 5.74) is 0. The van der Waals surface area contributed by atoms with E-state index in [4.69, 9.17) is 9.88 Å². The van der Waals surface area contributed by atoms with Crippen LogP contribution in [0.2, 0.25) is 0 Å². The monoisotopic (exact) mass is 202 g/mol. The van der Waals surface area contributed by atoms with Crippen molar-refractivity contribution in [3.05, 3.63) is 18.3 Å². The molecule has 0 bridgehead atoms. The molecule has 0 saturated heterocycles. The van der Waals surface area contributed by atoms with Crippen molar-refractivity contribution in [1.82, 2.24) is 4.98 Å². The van der Waals surface area contributed by atoms with Crippen LogP contribution in [0, 0.1) is 0 Å². The van der Waals surface area contributed by atoms with Gasteiger partial charge in [0, 0.05) is 6.07 Å². The van der Waals surface area contributed by atoms with E-state index in [-0.39, 0.29) is 4.90 Å². The number of sulfonamides is 1. The first-order valence-corrected chi connectivity index (χ1v) is 5.20. The standard InChI is InChI=1S/C7H10N2O3S/c1-2-12-7-4-3-6(5-9-7)13(8,10)11/h3-5H,2H2,1H3,(H2,8,10,11). The molecule has 0 atom stereocenters. The molecule has 0 amide bonds. The average Bonchev–Trinajstić information content (AvgIpc) is 2.04. The molecule has 0 unspecified atom stereocenters. The SMILES string of the molecule is CCOc1ccc(S(N)(=O)=O)cn1. The zero-order valence-electron chi connectivity index (χ0n) is 7.10. The van der Waals surface area contributed by atoms with Crippen LogP contribution in [0.15, 0.2) is 23.2 Å². The minimum atomic E-state index is -3.65. The summed E-state index contributed by atoms with van der Waals surface area (Å²) in [5, 5.41) is 4.87. The third-order valence-electron chi connectivity index (χ3n) is 1.33.